The Hall–Kier alpha value is -1.56. The minimum atomic E-state index is -3.73. The third-order valence-corrected chi connectivity index (χ3v) is 4.94. The largest absolute Gasteiger partial charge is 0.369 e. The summed E-state index contributed by atoms with van der Waals surface area (Å²) < 4.78 is 28.4. The highest BCUT2D eigenvalue weighted by atomic mass is 32.2. The normalized spacial score (nSPS) is 17.3. The molecule has 1 aromatic rings. The zero-order chi connectivity index (χ0) is 14.8. The van der Waals surface area contributed by atoms with Gasteiger partial charge in [-0.05, 0) is 44.7 Å². The molecule has 0 unspecified atom stereocenters. The van der Waals surface area contributed by atoms with Crippen molar-refractivity contribution in [2.45, 2.75) is 38.0 Å². The Morgan fingerprint density at radius 2 is 1.85 bits per heavy atom. The van der Waals surface area contributed by atoms with Gasteiger partial charge in [-0.2, -0.15) is 8.42 Å². The van der Waals surface area contributed by atoms with Crippen LogP contribution in [-0.2, 0) is 10.0 Å². The van der Waals surface area contributed by atoms with E-state index >= 15 is 0 Å². The average Bonchev–Trinajstić information content (AvgIpc) is 2.38. The molecule has 1 aliphatic rings. The maximum absolute atomic E-state index is 12.3. The van der Waals surface area contributed by atoms with Crippen molar-refractivity contribution in [3.63, 3.8) is 0 Å². The van der Waals surface area contributed by atoms with Gasteiger partial charge in [0.05, 0.1) is 4.90 Å². The van der Waals surface area contributed by atoms with E-state index in [0.29, 0.717) is 5.56 Å². The first-order chi connectivity index (χ1) is 9.40. The van der Waals surface area contributed by atoms with Crippen LogP contribution in [0, 0.1) is 13.8 Å². The van der Waals surface area contributed by atoms with Crippen LogP contribution < -0.4 is 5.73 Å². The second-order valence-electron chi connectivity index (χ2n) is 5.24. The number of sulfonamides is 1. The number of hydrogen-bond donors (Lipinski definition) is 1. The molecular weight excluding hydrogens is 274 g/mol. The van der Waals surface area contributed by atoms with Crippen molar-refractivity contribution in [3.05, 3.63) is 29.3 Å². The predicted octanol–water partition coefficient (Wildman–Crippen LogP) is 1.79. The Bertz CT molecular complexity index is 617. The molecule has 5 nitrogen and oxygen atoms in total. The number of guanidine groups is 1. The number of benzene rings is 1. The minimum absolute atomic E-state index is 0.102. The first-order valence-corrected chi connectivity index (χ1v) is 8.27. The van der Waals surface area contributed by atoms with Crippen LogP contribution in [0.4, 0.5) is 0 Å². The zero-order valence-electron chi connectivity index (χ0n) is 12.0. The number of rotatable bonds is 2. The van der Waals surface area contributed by atoms with Crippen molar-refractivity contribution in [3.8, 4) is 0 Å². The third-order valence-electron chi connectivity index (χ3n) is 3.50. The van der Waals surface area contributed by atoms with Gasteiger partial charge in [0.15, 0.2) is 0 Å². The lowest BCUT2D eigenvalue weighted by molar-refractivity contribution is 0.339. The van der Waals surface area contributed by atoms with Gasteiger partial charge in [0.25, 0.3) is 10.0 Å². The molecule has 1 aromatic carbocycles. The van der Waals surface area contributed by atoms with E-state index in [1.54, 1.807) is 19.1 Å². The van der Waals surface area contributed by atoms with Crippen molar-refractivity contribution < 1.29 is 8.42 Å². The van der Waals surface area contributed by atoms with Gasteiger partial charge in [0, 0.05) is 13.1 Å². The van der Waals surface area contributed by atoms with Gasteiger partial charge in [-0.15, -0.1) is 4.40 Å². The van der Waals surface area contributed by atoms with E-state index in [4.69, 9.17) is 5.73 Å². The number of hydrogen-bond acceptors (Lipinski definition) is 2. The van der Waals surface area contributed by atoms with Gasteiger partial charge in [0.2, 0.25) is 5.96 Å². The molecule has 1 aliphatic heterocycles. The molecule has 0 aromatic heterocycles. The van der Waals surface area contributed by atoms with Crippen LogP contribution in [0.2, 0.25) is 0 Å². The molecule has 0 bridgehead atoms. The van der Waals surface area contributed by atoms with Crippen LogP contribution in [0.25, 0.3) is 0 Å². The maximum Gasteiger partial charge on any atom is 0.285 e. The summed E-state index contributed by atoms with van der Waals surface area (Å²) in [5.41, 5.74) is 7.57. The fourth-order valence-electron chi connectivity index (χ4n) is 2.44. The summed E-state index contributed by atoms with van der Waals surface area (Å²) in [4.78, 5) is 2.06. The molecule has 0 saturated carbocycles. The second kappa shape index (κ2) is 5.83. The average molecular weight is 295 g/mol. The minimum Gasteiger partial charge on any atom is -0.369 e. The van der Waals surface area contributed by atoms with Crippen molar-refractivity contribution in [1.82, 2.24) is 4.90 Å². The Kier molecular flexibility index (Phi) is 4.32. The molecule has 0 spiro atoms. The lowest BCUT2D eigenvalue weighted by Gasteiger charge is -2.27. The molecule has 20 heavy (non-hydrogen) atoms. The number of likely N-dealkylation sites (tertiary alicyclic amines) is 1. The summed E-state index contributed by atoms with van der Waals surface area (Å²) in [5, 5.41) is 0. The van der Waals surface area contributed by atoms with Crippen molar-refractivity contribution >= 4 is 16.0 Å². The smallest absolute Gasteiger partial charge is 0.285 e. The van der Waals surface area contributed by atoms with Gasteiger partial charge in [0.1, 0.15) is 0 Å². The van der Waals surface area contributed by atoms with Crippen molar-refractivity contribution in [1.29, 1.82) is 0 Å². The number of nitrogens with zero attached hydrogens (tertiary/aromatic N) is 2. The molecule has 1 fully saturated rings. The van der Waals surface area contributed by atoms with Gasteiger partial charge in [-0.1, -0.05) is 17.7 Å². The van der Waals surface area contributed by atoms with E-state index in [-0.39, 0.29) is 10.9 Å². The predicted molar refractivity (Wildman–Crippen MR) is 80.1 cm³/mol. The van der Waals surface area contributed by atoms with Gasteiger partial charge < -0.3 is 10.6 Å². The molecule has 6 heteroatoms. The highest BCUT2D eigenvalue weighted by molar-refractivity contribution is 7.90. The Balaban J connectivity index is 2.30. The van der Waals surface area contributed by atoms with Crippen LogP contribution in [0.15, 0.2) is 27.5 Å². The quantitative estimate of drug-likeness (QED) is 0.666. The van der Waals surface area contributed by atoms with Crippen LogP contribution in [0.1, 0.15) is 30.4 Å². The lowest BCUT2D eigenvalue weighted by atomic mass is 10.1. The molecular formula is C14H21N3O2S. The molecule has 0 aliphatic carbocycles. The van der Waals surface area contributed by atoms with Crippen LogP contribution in [0.3, 0.4) is 0 Å². The number of piperidine rings is 1. The zero-order valence-corrected chi connectivity index (χ0v) is 12.8. The Morgan fingerprint density at radius 1 is 1.20 bits per heavy atom. The standard InChI is InChI=1S/C14H21N3O2S/c1-11-6-7-13(12(2)10-11)20(18,19)16-14(15)17-8-4-3-5-9-17/h6-7,10H,3-5,8-9H2,1-2H3,(H2,15,16). The van der Waals surface area contributed by atoms with Crippen LogP contribution in [-0.4, -0.2) is 32.4 Å². The van der Waals surface area contributed by atoms with Crippen molar-refractivity contribution in [2.75, 3.05) is 13.1 Å². The fraction of sp³-hybridized carbons (Fsp3) is 0.500. The SMILES string of the molecule is Cc1ccc(S(=O)(=O)N=C(N)N2CCCCC2)c(C)c1. The summed E-state index contributed by atoms with van der Waals surface area (Å²) in [6.07, 6.45) is 3.22. The summed E-state index contributed by atoms with van der Waals surface area (Å²) in [5.74, 6) is 0.102. The van der Waals surface area contributed by atoms with Gasteiger partial charge in [-0.3, -0.25) is 0 Å². The fourth-order valence-corrected chi connectivity index (χ4v) is 3.61. The van der Waals surface area contributed by atoms with Gasteiger partial charge >= 0.3 is 0 Å². The van der Waals surface area contributed by atoms with E-state index in [0.717, 1.165) is 37.9 Å². The molecule has 0 radical (unpaired) electrons. The monoisotopic (exact) mass is 295 g/mol. The first-order valence-electron chi connectivity index (χ1n) is 6.83. The Labute approximate surface area is 120 Å². The molecule has 110 valence electrons. The first kappa shape index (κ1) is 14.8. The van der Waals surface area contributed by atoms with E-state index in [9.17, 15) is 8.42 Å². The highest BCUT2D eigenvalue weighted by Gasteiger charge is 2.19. The summed E-state index contributed by atoms with van der Waals surface area (Å²) in [6, 6.07) is 5.19. The molecule has 2 N–H and O–H groups in total. The van der Waals surface area contributed by atoms with Crippen molar-refractivity contribution in [2.24, 2.45) is 10.1 Å². The van der Waals surface area contributed by atoms with E-state index in [1.807, 2.05) is 17.9 Å². The highest BCUT2D eigenvalue weighted by Crippen LogP contribution is 2.19. The van der Waals surface area contributed by atoms with Crippen LogP contribution >= 0.6 is 0 Å². The topological polar surface area (TPSA) is 75.8 Å². The van der Waals surface area contributed by atoms with E-state index < -0.39 is 10.0 Å². The summed E-state index contributed by atoms with van der Waals surface area (Å²) in [6.45, 7) is 5.25. The molecule has 0 atom stereocenters. The summed E-state index contributed by atoms with van der Waals surface area (Å²) in [7, 11) is -3.73. The third kappa shape index (κ3) is 3.30. The maximum atomic E-state index is 12.3. The Morgan fingerprint density at radius 3 is 2.45 bits per heavy atom. The van der Waals surface area contributed by atoms with Gasteiger partial charge in [-0.25, -0.2) is 0 Å². The number of nitrogens with two attached hydrogens (primary N) is 1. The lowest BCUT2D eigenvalue weighted by Crippen LogP contribution is -2.41. The van der Waals surface area contributed by atoms with E-state index in [1.165, 1.54) is 0 Å². The number of aryl methyl sites for hydroxylation is 2. The molecule has 1 saturated heterocycles. The molecule has 2 rings (SSSR count). The molecule has 0 amide bonds. The van der Waals surface area contributed by atoms with Crippen LogP contribution in [0.5, 0.6) is 0 Å². The van der Waals surface area contributed by atoms with E-state index in [2.05, 4.69) is 4.40 Å². The summed E-state index contributed by atoms with van der Waals surface area (Å²) >= 11 is 0. The molecule has 1 heterocycles. The second-order valence-corrected chi connectivity index (χ2v) is 6.81.